The lowest BCUT2D eigenvalue weighted by Gasteiger charge is -2.30. The Hall–Kier alpha value is -1.62. The average Bonchev–Trinajstić information content (AvgIpc) is 2.41. The Morgan fingerprint density at radius 3 is 2.79 bits per heavy atom. The van der Waals surface area contributed by atoms with Crippen LogP contribution in [0.5, 0.6) is 0 Å². The number of hydrogen-bond acceptors (Lipinski definition) is 2. The lowest BCUT2D eigenvalue weighted by molar-refractivity contribution is -0.143. The van der Waals surface area contributed by atoms with Crippen molar-refractivity contribution < 1.29 is 19.1 Å². The first-order chi connectivity index (χ1) is 8.99. The predicted octanol–water partition coefficient (Wildman–Crippen LogP) is 2.42. The highest BCUT2D eigenvalue weighted by molar-refractivity contribution is 6.30. The van der Waals surface area contributed by atoms with Crippen molar-refractivity contribution in [3.63, 3.8) is 0 Å². The zero-order valence-corrected chi connectivity index (χ0v) is 10.9. The molecular weight excluding hydrogens is 273 g/mol. The number of carboxylic acid groups (broad SMARTS) is 1. The zero-order valence-electron chi connectivity index (χ0n) is 10.1. The van der Waals surface area contributed by atoms with E-state index in [1.165, 1.54) is 17.0 Å². The van der Waals surface area contributed by atoms with Crippen LogP contribution in [0.25, 0.3) is 0 Å². The molecule has 1 aliphatic rings. The van der Waals surface area contributed by atoms with E-state index >= 15 is 0 Å². The molecule has 1 heterocycles. The molecule has 0 bridgehead atoms. The van der Waals surface area contributed by atoms with E-state index in [1.54, 1.807) is 0 Å². The van der Waals surface area contributed by atoms with Gasteiger partial charge in [-0.2, -0.15) is 0 Å². The summed E-state index contributed by atoms with van der Waals surface area (Å²) in [6.45, 7) is 0.658. The van der Waals surface area contributed by atoms with Crippen LogP contribution in [0.4, 0.5) is 4.39 Å². The summed E-state index contributed by atoms with van der Waals surface area (Å²) >= 11 is 5.56. The van der Waals surface area contributed by atoms with Crippen LogP contribution in [-0.4, -0.2) is 35.0 Å². The quantitative estimate of drug-likeness (QED) is 0.908. The van der Waals surface area contributed by atoms with Gasteiger partial charge in [-0.1, -0.05) is 11.6 Å². The van der Waals surface area contributed by atoms with Gasteiger partial charge in [0.1, 0.15) is 5.82 Å². The van der Waals surface area contributed by atoms with Gasteiger partial charge in [0.2, 0.25) is 0 Å². The molecular formula is C13H13ClFNO3. The van der Waals surface area contributed by atoms with Gasteiger partial charge in [-0.25, -0.2) is 4.39 Å². The highest BCUT2D eigenvalue weighted by Crippen LogP contribution is 2.21. The van der Waals surface area contributed by atoms with E-state index in [9.17, 15) is 14.0 Å². The van der Waals surface area contributed by atoms with Crippen LogP contribution in [0.2, 0.25) is 5.02 Å². The second-order valence-electron chi connectivity index (χ2n) is 4.56. The standard InChI is InChI=1S/C13H13ClFNO3/c14-10-4-3-8(6-11(10)15)12(17)16-5-1-2-9(7-16)13(18)19/h3-4,6,9H,1-2,5,7H2,(H,18,19)/t9-/m1/s1. The fourth-order valence-electron chi connectivity index (χ4n) is 2.17. The van der Waals surface area contributed by atoms with Crippen molar-refractivity contribution in [2.45, 2.75) is 12.8 Å². The van der Waals surface area contributed by atoms with Gasteiger partial charge in [-0.15, -0.1) is 0 Å². The minimum Gasteiger partial charge on any atom is -0.481 e. The number of hydrogen-bond donors (Lipinski definition) is 1. The Morgan fingerprint density at radius 1 is 1.42 bits per heavy atom. The van der Waals surface area contributed by atoms with Crippen LogP contribution < -0.4 is 0 Å². The number of carbonyl (C=O) groups excluding carboxylic acids is 1. The van der Waals surface area contributed by atoms with Gasteiger partial charge in [0.15, 0.2) is 0 Å². The van der Waals surface area contributed by atoms with Crippen LogP contribution in [0.1, 0.15) is 23.2 Å². The molecule has 1 fully saturated rings. The van der Waals surface area contributed by atoms with Crippen molar-refractivity contribution in [3.05, 3.63) is 34.6 Å². The molecule has 1 aromatic carbocycles. The summed E-state index contributed by atoms with van der Waals surface area (Å²) in [6.07, 6.45) is 1.20. The Kier molecular flexibility index (Phi) is 4.04. The van der Waals surface area contributed by atoms with E-state index in [1.807, 2.05) is 0 Å². The molecule has 2 rings (SSSR count). The molecule has 0 spiro atoms. The van der Waals surface area contributed by atoms with Gasteiger partial charge in [-0.05, 0) is 31.0 Å². The van der Waals surface area contributed by atoms with E-state index < -0.39 is 17.7 Å². The van der Waals surface area contributed by atoms with Crippen molar-refractivity contribution in [1.29, 1.82) is 0 Å². The van der Waals surface area contributed by atoms with Crippen molar-refractivity contribution >= 4 is 23.5 Å². The van der Waals surface area contributed by atoms with Crippen LogP contribution in [-0.2, 0) is 4.79 Å². The second kappa shape index (κ2) is 5.57. The monoisotopic (exact) mass is 285 g/mol. The summed E-state index contributed by atoms with van der Waals surface area (Å²) in [5.74, 6) is -2.46. The second-order valence-corrected chi connectivity index (χ2v) is 4.96. The topological polar surface area (TPSA) is 57.6 Å². The van der Waals surface area contributed by atoms with Crippen LogP contribution in [0.3, 0.4) is 0 Å². The number of carboxylic acids is 1. The highest BCUT2D eigenvalue weighted by Gasteiger charge is 2.28. The first-order valence-corrected chi connectivity index (χ1v) is 6.34. The maximum Gasteiger partial charge on any atom is 0.308 e. The fraction of sp³-hybridized carbons (Fsp3) is 0.385. The number of piperidine rings is 1. The van der Waals surface area contributed by atoms with Crippen LogP contribution in [0.15, 0.2) is 18.2 Å². The number of amides is 1. The molecule has 0 saturated carbocycles. The maximum absolute atomic E-state index is 13.3. The largest absolute Gasteiger partial charge is 0.481 e. The molecule has 1 N–H and O–H groups in total. The molecule has 0 unspecified atom stereocenters. The lowest BCUT2D eigenvalue weighted by atomic mass is 9.97. The van der Waals surface area contributed by atoms with Gasteiger partial charge >= 0.3 is 5.97 Å². The van der Waals surface area contributed by atoms with Gasteiger partial charge < -0.3 is 10.0 Å². The number of likely N-dealkylation sites (tertiary alicyclic amines) is 1. The average molecular weight is 286 g/mol. The van der Waals surface area contributed by atoms with E-state index in [0.717, 1.165) is 6.07 Å². The third kappa shape index (κ3) is 3.04. The summed E-state index contributed by atoms with van der Waals surface area (Å²) in [5.41, 5.74) is 0.188. The zero-order chi connectivity index (χ0) is 14.0. The molecule has 0 aliphatic carbocycles. The lowest BCUT2D eigenvalue weighted by Crippen LogP contribution is -2.42. The maximum atomic E-state index is 13.3. The number of carbonyl (C=O) groups is 2. The van der Waals surface area contributed by atoms with Crippen LogP contribution >= 0.6 is 11.6 Å². The first-order valence-electron chi connectivity index (χ1n) is 5.96. The molecule has 1 saturated heterocycles. The molecule has 102 valence electrons. The molecule has 4 nitrogen and oxygen atoms in total. The molecule has 1 amide bonds. The SMILES string of the molecule is O=C(O)[C@@H]1CCCN(C(=O)c2ccc(Cl)c(F)c2)C1. The smallest absolute Gasteiger partial charge is 0.308 e. The van der Waals surface area contributed by atoms with Crippen molar-refractivity contribution in [3.8, 4) is 0 Å². The van der Waals surface area contributed by atoms with Crippen LogP contribution in [0, 0.1) is 11.7 Å². The molecule has 0 radical (unpaired) electrons. The highest BCUT2D eigenvalue weighted by atomic mass is 35.5. The van der Waals surface area contributed by atoms with Crippen molar-refractivity contribution in [2.24, 2.45) is 5.92 Å². The van der Waals surface area contributed by atoms with E-state index in [0.29, 0.717) is 19.4 Å². The third-order valence-electron chi connectivity index (χ3n) is 3.22. The third-order valence-corrected chi connectivity index (χ3v) is 3.53. The fourth-order valence-corrected chi connectivity index (χ4v) is 2.29. The van der Waals surface area contributed by atoms with Crippen molar-refractivity contribution in [2.75, 3.05) is 13.1 Å². The summed E-state index contributed by atoms with van der Waals surface area (Å²) in [4.78, 5) is 24.5. The molecule has 6 heteroatoms. The van der Waals surface area contributed by atoms with Gasteiger partial charge in [-0.3, -0.25) is 9.59 Å². The number of rotatable bonds is 2. The number of halogens is 2. The van der Waals surface area contributed by atoms with E-state index in [2.05, 4.69) is 0 Å². The van der Waals surface area contributed by atoms with E-state index in [-0.39, 0.29) is 23.0 Å². The molecule has 1 aliphatic heterocycles. The Labute approximate surface area is 114 Å². The normalized spacial score (nSPS) is 19.3. The summed E-state index contributed by atoms with van der Waals surface area (Å²) in [7, 11) is 0. The van der Waals surface area contributed by atoms with Gasteiger partial charge in [0.05, 0.1) is 10.9 Å². The van der Waals surface area contributed by atoms with E-state index in [4.69, 9.17) is 16.7 Å². The number of nitrogens with zero attached hydrogens (tertiary/aromatic N) is 1. The Morgan fingerprint density at radius 2 is 2.16 bits per heavy atom. The van der Waals surface area contributed by atoms with Crippen molar-refractivity contribution in [1.82, 2.24) is 4.90 Å². The minimum atomic E-state index is -0.903. The van der Waals surface area contributed by atoms with Gasteiger partial charge in [0.25, 0.3) is 5.91 Å². The number of benzene rings is 1. The van der Waals surface area contributed by atoms with Gasteiger partial charge in [0, 0.05) is 18.7 Å². The molecule has 1 atom stereocenters. The Balaban J connectivity index is 2.14. The minimum absolute atomic E-state index is 0.0430. The summed E-state index contributed by atoms with van der Waals surface area (Å²) in [5, 5.41) is 8.93. The number of aliphatic carboxylic acids is 1. The first kappa shape index (κ1) is 13.8. The summed E-state index contributed by atoms with van der Waals surface area (Å²) in [6, 6.07) is 3.84. The molecule has 1 aromatic rings. The molecule has 0 aromatic heterocycles. The molecule has 19 heavy (non-hydrogen) atoms. The predicted molar refractivity (Wildman–Crippen MR) is 67.7 cm³/mol. The Bertz CT molecular complexity index is 521. The summed E-state index contributed by atoms with van der Waals surface area (Å²) < 4.78 is 13.3.